The third kappa shape index (κ3) is 4.00. The van der Waals surface area contributed by atoms with Crippen molar-refractivity contribution in [2.24, 2.45) is 14.1 Å². The number of imidazole rings is 1. The molecule has 3 heterocycles. The van der Waals surface area contributed by atoms with Crippen molar-refractivity contribution in [3.63, 3.8) is 0 Å². The zero-order valence-electron chi connectivity index (χ0n) is 19.2. The highest BCUT2D eigenvalue weighted by molar-refractivity contribution is 7.80. The molecule has 3 aromatic heterocycles. The normalized spacial score (nSPS) is 15.4. The van der Waals surface area contributed by atoms with Crippen molar-refractivity contribution in [1.82, 2.24) is 28.5 Å². The number of hydrogen-bond acceptors (Lipinski definition) is 5. The van der Waals surface area contributed by atoms with Crippen molar-refractivity contribution >= 4 is 27.9 Å². The molecule has 1 aliphatic carbocycles. The van der Waals surface area contributed by atoms with E-state index >= 15 is 0 Å². The van der Waals surface area contributed by atoms with Crippen LogP contribution in [0.5, 0.6) is 0 Å². The molecule has 0 aliphatic heterocycles. The fourth-order valence-corrected chi connectivity index (χ4v) is 5.19. The predicted molar refractivity (Wildman–Crippen MR) is 128 cm³/mol. The van der Waals surface area contributed by atoms with Gasteiger partial charge in [-0.1, -0.05) is 0 Å². The Bertz CT molecular complexity index is 1570. The SMILES string of the molecule is Cn1cc(Cn2c(=O)c3cc(N(S(=O)O)C4(CF)CC4)ccc3n(Cc3cncn3C)c2=O)cn1. The molecule has 0 bridgehead atoms. The predicted octanol–water partition coefficient (Wildman–Crippen LogP) is 1.17. The van der Waals surface area contributed by atoms with E-state index in [0.717, 1.165) is 14.6 Å². The Morgan fingerprint density at radius 1 is 1.17 bits per heavy atom. The Kier molecular flexibility index (Phi) is 5.68. The highest BCUT2D eigenvalue weighted by Crippen LogP contribution is 2.45. The first-order chi connectivity index (χ1) is 16.7. The van der Waals surface area contributed by atoms with Gasteiger partial charge in [-0.3, -0.25) is 27.5 Å². The fourth-order valence-electron chi connectivity index (χ4n) is 4.33. The van der Waals surface area contributed by atoms with Crippen LogP contribution in [0, 0.1) is 0 Å². The maximum absolute atomic E-state index is 13.8. The second-order valence-electron chi connectivity index (χ2n) is 8.86. The number of halogens is 1. The molecule has 0 radical (unpaired) electrons. The lowest BCUT2D eigenvalue weighted by Gasteiger charge is -2.28. The second-order valence-corrected chi connectivity index (χ2v) is 9.69. The topological polar surface area (TPSA) is 120 Å². The summed E-state index contributed by atoms with van der Waals surface area (Å²) in [5.74, 6) is 0. The van der Waals surface area contributed by atoms with Crippen LogP contribution < -0.4 is 15.6 Å². The van der Waals surface area contributed by atoms with Crippen LogP contribution in [0.4, 0.5) is 10.1 Å². The molecular weight excluding hydrogens is 477 g/mol. The van der Waals surface area contributed by atoms with Gasteiger partial charge in [0.15, 0.2) is 0 Å². The Hall–Kier alpha value is -3.58. The van der Waals surface area contributed by atoms with E-state index in [2.05, 4.69) is 10.1 Å². The largest absolute Gasteiger partial charge is 0.336 e. The van der Waals surface area contributed by atoms with Crippen molar-refractivity contribution in [3.05, 3.63) is 75.2 Å². The molecule has 1 aliphatic rings. The van der Waals surface area contributed by atoms with E-state index in [4.69, 9.17) is 0 Å². The van der Waals surface area contributed by atoms with Gasteiger partial charge in [-0.2, -0.15) is 5.10 Å². The summed E-state index contributed by atoms with van der Waals surface area (Å²) in [7, 11) is 3.54. The molecule has 4 aromatic rings. The van der Waals surface area contributed by atoms with Crippen LogP contribution in [0.3, 0.4) is 0 Å². The summed E-state index contributed by atoms with van der Waals surface area (Å²) in [6.45, 7) is -0.633. The summed E-state index contributed by atoms with van der Waals surface area (Å²) < 4.78 is 42.9. The van der Waals surface area contributed by atoms with E-state index < -0.39 is 34.7 Å². The summed E-state index contributed by atoms with van der Waals surface area (Å²) in [6.07, 6.45) is 7.41. The number of nitrogens with zero attached hydrogens (tertiary/aromatic N) is 7. The van der Waals surface area contributed by atoms with Gasteiger partial charge in [0.25, 0.3) is 16.8 Å². The summed E-state index contributed by atoms with van der Waals surface area (Å²) in [6, 6.07) is 4.56. The van der Waals surface area contributed by atoms with Gasteiger partial charge in [0.2, 0.25) is 0 Å². The minimum Gasteiger partial charge on any atom is -0.336 e. The first-order valence-corrected chi connectivity index (χ1v) is 12.0. The summed E-state index contributed by atoms with van der Waals surface area (Å²) in [5.41, 5.74) is -0.106. The van der Waals surface area contributed by atoms with Gasteiger partial charge in [0, 0.05) is 32.1 Å². The molecule has 11 nitrogen and oxygen atoms in total. The third-order valence-corrected chi connectivity index (χ3v) is 7.35. The number of fused-ring (bicyclic) bond motifs is 1. The van der Waals surface area contributed by atoms with Gasteiger partial charge in [0.05, 0.1) is 53.4 Å². The summed E-state index contributed by atoms with van der Waals surface area (Å²) in [5, 5.41) is 4.29. The molecule has 1 atom stereocenters. The first-order valence-electron chi connectivity index (χ1n) is 10.9. The van der Waals surface area contributed by atoms with Crippen LogP contribution in [0.15, 0.2) is 52.7 Å². The Labute approximate surface area is 201 Å². The summed E-state index contributed by atoms with van der Waals surface area (Å²) in [4.78, 5) is 31.2. The van der Waals surface area contributed by atoms with E-state index in [9.17, 15) is 22.7 Å². The average Bonchev–Trinajstić information content (AvgIpc) is 3.33. The Morgan fingerprint density at radius 2 is 1.94 bits per heavy atom. The monoisotopic (exact) mass is 501 g/mol. The smallest absolute Gasteiger partial charge is 0.332 e. The van der Waals surface area contributed by atoms with Crippen molar-refractivity contribution in [1.29, 1.82) is 0 Å². The van der Waals surface area contributed by atoms with Crippen molar-refractivity contribution < 1.29 is 13.2 Å². The zero-order valence-corrected chi connectivity index (χ0v) is 20.0. The molecule has 1 fully saturated rings. The van der Waals surface area contributed by atoms with Gasteiger partial charge < -0.3 is 4.57 Å². The van der Waals surface area contributed by atoms with E-state index in [1.807, 2.05) is 0 Å². The number of anilines is 1. The Balaban J connectivity index is 1.73. The third-order valence-electron chi connectivity index (χ3n) is 6.44. The molecule has 1 aromatic carbocycles. The lowest BCUT2D eigenvalue weighted by Crippen LogP contribution is -2.42. The second kappa shape index (κ2) is 8.57. The van der Waals surface area contributed by atoms with Crippen LogP contribution in [0.1, 0.15) is 24.1 Å². The number of alkyl halides is 1. The van der Waals surface area contributed by atoms with Crippen molar-refractivity contribution in [3.8, 4) is 0 Å². The molecule has 1 N–H and O–H groups in total. The molecular formula is C22H24FN7O4S. The molecule has 0 spiro atoms. The van der Waals surface area contributed by atoms with Crippen LogP contribution in [-0.4, -0.2) is 49.4 Å². The molecule has 5 rings (SSSR count). The number of hydrogen-bond donors (Lipinski definition) is 1. The van der Waals surface area contributed by atoms with Crippen LogP contribution in [-0.2, 0) is 38.5 Å². The minimum absolute atomic E-state index is 0.00111. The lowest BCUT2D eigenvalue weighted by atomic mass is 10.1. The van der Waals surface area contributed by atoms with Crippen LogP contribution in [0.2, 0.25) is 0 Å². The fraction of sp³-hybridized carbons (Fsp3) is 0.364. The van der Waals surface area contributed by atoms with E-state index in [1.165, 1.54) is 16.7 Å². The number of aromatic nitrogens is 6. The lowest BCUT2D eigenvalue weighted by molar-refractivity contribution is 0.413. The maximum atomic E-state index is 13.8. The minimum atomic E-state index is -2.49. The molecule has 184 valence electrons. The number of aryl methyl sites for hydroxylation is 2. The molecule has 35 heavy (non-hydrogen) atoms. The summed E-state index contributed by atoms with van der Waals surface area (Å²) >= 11 is -2.49. The molecule has 13 heteroatoms. The van der Waals surface area contributed by atoms with Gasteiger partial charge in [-0.05, 0) is 31.0 Å². The van der Waals surface area contributed by atoms with Gasteiger partial charge >= 0.3 is 5.69 Å². The molecule has 1 unspecified atom stereocenters. The highest BCUT2D eigenvalue weighted by atomic mass is 32.2. The van der Waals surface area contributed by atoms with Gasteiger partial charge in [0.1, 0.15) is 6.67 Å². The van der Waals surface area contributed by atoms with Gasteiger partial charge in [-0.25, -0.2) is 18.4 Å². The molecule has 0 saturated heterocycles. The molecule has 1 saturated carbocycles. The first kappa shape index (κ1) is 23.2. The van der Waals surface area contributed by atoms with Crippen LogP contribution in [0.25, 0.3) is 10.9 Å². The quantitative estimate of drug-likeness (QED) is 0.362. The van der Waals surface area contributed by atoms with E-state index in [-0.39, 0.29) is 24.2 Å². The zero-order chi connectivity index (χ0) is 24.9. The average molecular weight is 502 g/mol. The maximum Gasteiger partial charge on any atom is 0.332 e. The highest BCUT2D eigenvalue weighted by Gasteiger charge is 2.51. The standard InChI is InChI=1S/C22H24FN7O4S/c1-26-14-24-9-17(26)12-28-19-4-3-16(30(35(33)34)22(13-23)5-6-22)7-18(19)20(31)29(21(28)32)11-15-8-25-27(2)10-15/h3-4,7-10,14H,5-6,11-13H2,1-2H3,(H,33,34). The van der Waals surface area contributed by atoms with E-state index in [0.29, 0.717) is 23.9 Å². The number of rotatable bonds is 8. The molecule has 0 amide bonds. The van der Waals surface area contributed by atoms with E-state index in [1.54, 1.807) is 54.3 Å². The Morgan fingerprint density at radius 3 is 2.51 bits per heavy atom. The van der Waals surface area contributed by atoms with Crippen molar-refractivity contribution in [2.45, 2.75) is 31.5 Å². The van der Waals surface area contributed by atoms with Crippen LogP contribution >= 0.6 is 0 Å². The van der Waals surface area contributed by atoms with Gasteiger partial charge in [-0.15, -0.1) is 0 Å². The number of benzene rings is 1. The van der Waals surface area contributed by atoms with Crippen molar-refractivity contribution in [2.75, 3.05) is 11.0 Å².